The summed E-state index contributed by atoms with van der Waals surface area (Å²) < 4.78 is 6.15. The Morgan fingerprint density at radius 1 is 0.963 bits per heavy atom. The molecule has 0 radical (unpaired) electrons. The lowest BCUT2D eigenvalue weighted by Gasteiger charge is -2.35. The van der Waals surface area contributed by atoms with Crippen LogP contribution in [0.25, 0.3) is 21.5 Å². The van der Waals surface area contributed by atoms with Crippen molar-refractivity contribution in [2.75, 3.05) is 0 Å². The van der Waals surface area contributed by atoms with Crippen molar-refractivity contribution in [1.29, 1.82) is 0 Å². The van der Waals surface area contributed by atoms with Crippen LogP contribution in [0.4, 0.5) is 0 Å². The molecule has 2 heteroatoms. The van der Waals surface area contributed by atoms with Gasteiger partial charge in [-0.15, -0.1) is 0 Å². The van der Waals surface area contributed by atoms with Crippen molar-refractivity contribution in [3.63, 3.8) is 0 Å². The SMILES string of the molecule is CC(C)C1CCC(C)C(OC(=O)c2c3ccccc3cc3ccccc23)C1. The molecule has 3 aromatic carbocycles. The van der Waals surface area contributed by atoms with Crippen LogP contribution in [0.1, 0.15) is 50.4 Å². The zero-order chi connectivity index (χ0) is 19.0. The van der Waals surface area contributed by atoms with E-state index < -0.39 is 0 Å². The monoisotopic (exact) mass is 360 g/mol. The fourth-order valence-corrected chi connectivity index (χ4v) is 4.51. The summed E-state index contributed by atoms with van der Waals surface area (Å²) in [7, 11) is 0. The molecule has 3 aromatic rings. The summed E-state index contributed by atoms with van der Waals surface area (Å²) in [5.74, 6) is 1.52. The first-order valence-corrected chi connectivity index (χ1v) is 10.2. The summed E-state index contributed by atoms with van der Waals surface area (Å²) in [5.41, 5.74) is 0.711. The highest BCUT2D eigenvalue weighted by Gasteiger charge is 2.32. The molecule has 0 bridgehead atoms. The number of hydrogen-bond acceptors (Lipinski definition) is 2. The van der Waals surface area contributed by atoms with Crippen LogP contribution in [-0.2, 0) is 4.74 Å². The summed E-state index contributed by atoms with van der Waals surface area (Å²) in [6.45, 7) is 6.77. The van der Waals surface area contributed by atoms with Gasteiger partial charge in [-0.3, -0.25) is 0 Å². The molecule has 0 amide bonds. The van der Waals surface area contributed by atoms with Crippen molar-refractivity contribution >= 4 is 27.5 Å². The van der Waals surface area contributed by atoms with Crippen LogP contribution in [0, 0.1) is 17.8 Å². The number of fused-ring (bicyclic) bond motifs is 2. The van der Waals surface area contributed by atoms with Gasteiger partial charge in [0, 0.05) is 0 Å². The number of esters is 1. The van der Waals surface area contributed by atoms with Crippen molar-refractivity contribution in [2.24, 2.45) is 17.8 Å². The van der Waals surface area contributed by atoms with E-state index in [-0.39, 0.29) is 12.1 Å². The summed E-state index contributed by atoms with van der Waals surface area (Å²) in [5, 5.41) is 4.12. The molecule has 0 N–H and O–H groups in total. The van der Waals surface area contributed by atoms with Crippen LogP contribution >= 0.6 is 0 Å². The quantitative estimate of drug-likeness (QED) is 0.388. The molecule has 1 fully saturated rings. The molecule has 1 aliphatic rings. The Hall–Kier alpha value is -2.35. The highest BCUT2D eigenvalue weighted by Crippen LogP contribution is 2.36. The van der Waals surface area contributed by atoms with E-state index in [4.69, 9.17) is 4.74 Å². The van der Waals surface area contributed by atoms with E-state index in [0.717, 1.165) is 34.4 Å². The molecule has 27 heavy (non-hydrogen) atoms. The molecule has 3 unspecified atom stereocenters. The van der Waals surface area contributed by atoms with E-state index in [0.29, 0.717) is 23.3 Å². The van der Waals surface area contributed by atoms with Gasteiger partial charge in [-0.05, 0) is 64.6 Å². The van der Waals surface area contributed by atoms with Crippen LogP contribution in [0.3, 0.4) is 0 Å². The first-order valence-electron chi connectivity index (χ1n) is 10.2. The average Bonchev–Trinajstić information content (AvgIpc) is 2.67. The molecule has 0 saturated heterocycles. The van der Waals surface area contributed by atoms with Crippen LogP contribution in [-0.4, -0.2) is 12.1 Å². The summed E-state index contributed by atoms with van der Waals surface area (Å²) in [6, 6.07) is 18.4. The third-order valence-electron chi connectivity index (χ3n) is 6.34. The molecular formula is C25H28O2. The van der Waals surface area contributed by atoms with Gasteiger partial charge in [0.25, 0.3) is 0 Å². The van der Waals surface area contributed by atoms with Gasteiger partial charge < -0.3 is 4.74 Å². The molecule has 0 heterocycles. The fraction of sp³-hybridized carbons (Fsp3) is 0.400. The van der Waals surface area contributed by atoms with Crippen LogP contribution in [0.5, 0.6) is 0 Å². The van der Waals surface area contributed by atoms with Gasteiger partial charge in [0.05, 0.1) is 5.56 Å². The third-order valence-corrected chi connectivity index (χ3v) is 6.34. The van der Waals surface area contributed by atoms with E-state index in [1.807, 2.05) is 36.4 Å². The average molecular weight is 360 g/mol. The van der Waals surface area contributed by atoms with Crippen LogP contribution < -0.4 is 0 Å². The Morgan fingerprint density at radius 3 is 2.15 bits per heavy atom. The van der Waals surface area contributed by atoms with E-state index in [1.165, 1.54) is 6.42 Å². The molecule has 3 atom stereocenters. The second kappa shape index (κ2) is 7.34. The molecule has 2 nitrogen and oxygen atoms in total. The number of hydrogen-bond donors (Lipinski definition) is 0. The molecular weight excluding hydrogens is 332 g/mol. The number of rotatable bonds is 3. The standard InChI is InChI=1S/C25H28O2/c1-16(2)18-13-12-17(3)23(15-18)27-25(26)24-21-10-6-4-8-19(21)14-20-9-5-7-11-22(20)24/h4-11,14,16-18,23H,12-13,15H2,1-3H3. The van der Waals surface area contributed by atoms with Crippen LogP contribution in [0.2, 0.25) is 0 Å². The van der Waals surface area contributed by atoms with Gasteiger partial charge in [-0.2, -0.15) is 0 Å². The van der Waals surface area contributed by atoms with Gasteiger partial charge >= 0.3 is 5.97 Å². The summed E-state index contributed by atoms with van der Waals surface area (Å²) in [4.78, 5) is 13.3. The van der Waals surface area contributed by atoms with Crippen molar-refractivity contribution in [1.82, 2.24) is 0 Å². The van der Waals surface area contributed by atoms with E-state index in [2.05, 4.69) is 39.0 Å². The third kappa shape index (κ3) is 3.45. The van der Waals surface area contributed by atoms with Crippen molar-refractivity contribution in [3.05, 3.63) is 60.2 Å². The van der Waals surface area contributed by atoms with E-state index in [9.17, 15) is 4.79 Å². The smallest absolute Gasteiger partial charge is 0.339 e. The second-order valence-electron chi connectivity index (χ2n) is 8.43. The Kier molecular flexibility index (Phi) is 4.90. The maximum Gasteiger partial charge on any atom is 0.339 e. The van der Waals surface area contributed by atoms with E-state index in [1.54, 1.807) is 0 Å². The first-order chi connectivity index (χ1) is 13.0. The lowest BCUT2D eigenvalue weighted by molar-refractivity contribution is -0.00914. The Labute approximate surface area is 161 Å². The largest absolute Gasteiger partial charge is 0.458 e. The Bertz CT molecular complexity index is 918. The van der Waals surface area contributed by atoms with Crippen molar-refractivity contribution in [3.8, 4) is 0 Å². The number of carbonyl (C=O) groups is 1. The molecule has 0 spiro atoms. The van der Waals surface area contributed by atoms with Gasteiger partial charge in [-0.1, -0.05) is 69.3 Å². The van der Waals surface area contributed by atoms with Gasteiger partial charge in [0.15, 0.2) is 0 Å². The molecule has 0 aromatic heterocycles. The Balaban J connectivity index is 1.73. The number of benzene rings is 3. The van der Waals surface area contributed by atoms with Gasteiger partial charge in [-0.25, -0.2) is 4.79 Å². The summed E-state index contributed by atoms with van der Waals surface area (Å²) >= 11 is 0. The predicted molar refractivity (Wildman–Crippen MR) is 112 cm³/mol. The molecule has 140 valence electrons. The lowest BCUT2D eigenvalue weighted by atomic mass is 9.76. The minimum atomic E-state index is -0.177. The number of ether oxygens (including phenoxy) is 1. The van der Waals surface area contributed by atoms with Crippen molar-refractivity contribution < 1.29 is 9.53 Å². The minimum absolute atomic E-state index is 0.0105. The Morgan fingerprint density at radius 2 is 1.56 bits per heavy atom. The maximum absolute atomic E-state index is 13.3. The van der Waals surface area contributed by atoms with Crippen molar-refractivity contribution in [2.45, 2.75) is 46.1 Å². The number of carbonyl (C=O) groups excluding carboxylic acids is 1. The first kappa shape index (κ1) is 18.0. The van der Waals surface area contributed by atoms with E-state index >= 15 is 0 Å². The second-order valence-corrected chi connectivity index (χ2v) is 8.43. The zero-order valence-electron chi connectivity index (χ0n) is 16.4. The zero-order valence-corrected chi connectivity index (χ0v) is 16.4. The highest BCUT2D eigenvalue weighted by atomic mass is 16.5. The molecule has 4 rings (SSSR count). The van der Waals surface area contributed by atoms with Gasteiger partial charge in [0.1, 0.15) is 6.10 Å². The lowest BCUT2D eigenvalue weighted by Crippen LogP contribution is -2.34. The maximum atomic E-state index is 13.3. The normalized spacial score (nSPS) is 23.0. The molecule has 1 saturated carbocycles. The minimum Gasteiger partial charge on any atom is -0.458 e. The van der Waals surface area contributed by atoms with Gasteiger partial charge in [0.2, 0.25) is 0 Å². The molecule has 0 aliphatic heterocycles. The van der Waals surface area contributed by atoms with Crippen LogP contribution in [0.15, 0.2) is 54.6 Å². The molecule has 1 aliphatic carbocycles. The highest BCUT2D eigenvalue weighted by molar-refractivity contribution is 6.16. The fourth-order valence-electron chi connectivity index (χ4n) is 4.51. The summed E-state index contributed by atoms with van der Waals surface area (Å²) in [6.07, 6.45) is 3.37. The topological polar surface area (TPSA) is 26.3 Å². The predicted octanol–water partition coefficient (Wildman–Crippen LogP) is 6.61.